The molecular weight excluding hydrogens is 463 g/mol. The highest BCUT2D eigenvalue weighted by molar-refractivity contribution is 6.12. The van der Waals surface area contributed by atoms with Gasteiger partial charge >= 0.3 is 5.97 Å². The lowest BCUT2D eigenvalue weighted by atomic mass is 9.77. The van der Waals surface area contributed by atoms with Gasteiger partial charge in [-0.15, -0.1) is 0 Å². The number of carbonyl (C=O) groups is 3. The Labute approximate surface area is 208 Å². The van der Waals surface area contributed by atoms with Crippen molar-refractivity contribution in [2.45, 2.75) is 38.7 Å². The number of nitrogens with zero attached hydrogens (tertiary/aromatic N) is 2. The number of hydrogen-bond donors (Lipinski definition) is 0. The number of ether oxygens (including phenoxy) is 1. The summed E-state index contributed by atoms with van der Waals surface area (Å²) in [4.78, 5) is 48.6. The lowest BCUT2D eigenvalue weighted by Crippen LogP contribution is -2.45. The molecule has 36 heavy (non-hydrogen) atoms. The molecule has 1 aliphatic rings. The van der Waals surface area contributed by atoms with Crippen molar-refractivity contribution in [2.75, 3.05) is 6.67 Å². The molecule has 0 radical (unpaired) electrons. The lowest BCUT2D eigenvalue weighted by Gasteiger charge is -2.30. The van der Waals surface area contributed by atoms with Crippen molar-refractivity contribution >= 4 is 34.0 Å². The number of rotatable bonds is 10. The van der Waals surface area contributed by atoms with Crippen molar-refractivity contribution in [3.63, 3.8) is 0 Å². The fraction of sp³-hybridized carbons (Fsp3) is 0.321. The summed E-state index contributed by atoms with van der Waals surface area (Å²) in [6.45, 7) is 2.36. The molecule has 186 valence electrons. The highest BCUT2D eigenvalue weighted by atomic mass is 19.1. The van der Waals surface area contributed by atoms with Crippen LogP contribution in [0.15, 0.2) is 72.0 Å². The van der Waals surface area contributed by atoms with E-state index in [4.69, 9.17) is 9.57 Å². The summed E-state index contributed by atoms with van der Waals surface area (Å²) < 4.78 is 18.6. The molecule has 0 aliphatic carbocycles. The van der Waals surface area contributed by atoms with E-state index in [1.807, 2.05) is 44.2 Å². The van der Waals surface area contributed by atoms with Crippen LogP contribution in [0, 0.1) is 11.8 Å². The molecule has 0 saturated carbocycles. The molecule has 0 N–H and O–H groups in total. The number of alkyl halides is 1. The molecule has 3 aromatic rings. The molecule has 0 spiro atoms. The fourth-order valence-electron chi connectivity index (χ4n) is 4.38. The molecule has 1 aliphatic heterocycles. The van der Waals surface area contributed by atoms with Gasteiger partial charge in [-0.25, -0.2) is 4.39 Å². The van der Waals surface area contributed by atoms with E-state index in [9.17, 15) is 18.8 Å². The molecule has 0 saturated heterocycles. The first-order valence-electron chi connectivity index (χ1n) is 11.8. The molecule has 0 unspecified atom stereocenters. The van der Waals surface area contributed by atoms with Crippen LogP contribution in [0.4, 0.5) is 4.39 Å². The Morgan fingerprint density at radius 3 is 2.47 bits per heavy atom. The zero-order valence-corrected chi connectivity index (χ0v) is 20.1. The Bertz CT molecular complexity index is 1300. The van der Waals surface area contributed by atoms with Gasteiger partial charge in [0.25, 0.3) is 0 Å². The molecular formula is C28H27FN2O5. The molecule has 7 nitrogen and oxygen atoms in total. The summed E-state index contributed by atoms with van der Waals surface area (Å²) in [5.41, 5.74) is -0.219. The summed E-state index contributed by atoms with van der Waals surface area (Å²) >= 11 is 0. The number of Topliss-reactive ketones (excluding diaryl/α,β-unsaturated/α-hetero) is 2. The van der Waals surface area contributed by atoms with Crippen LogP contribution in [-0.4, -0.2) is 40.5 Å². The maximum absolute atomic E-state index is 13.6. The van der Waals surface area contributed by atoms with Gasteiger partial charge in [-0.3, -0.25) is 19.4 Å². The number of hydrogen-bond acceptors (Lipinski definition) is 7. The highest BCUT2D eigenvalue weighted by Crippen LogP contribution is 2.37. The smallest absolute Gasteiger partial charge is 0.311 e. The SMILES string of the molecule is CC(C)[C@@]1(C(=O)C[C@@H](CC(=O)Oc2ccccc2)C(=O)CF)CC(c2nccc3ccccc23)=NO1. The molecule has 2 heterocycles. The molecule has 4 rings (SSSR count). The zero-order chi connectivity index (χ0) is 25.7. The average molecular weight is 491 g/mol. The second-order valence-electron chi connectivity index (χ2n) is 9.15. The maximum atomic E-state index is 13.6. The van der Waals surface area contributed by atoms with Crippen LogP contribution in [0.5, 0.6) is 5.75 Å². The molecule has 8 heteroatoms. The number of carbonyl (C=O) groups excluding carboxylic acids is 3. The highest BCUT2D eigenvalue weighted by Gasteiger charge is 2.50. The van der Waals surface area contributed by atoms with E-state index in [0.29, 0.717) is 17.2 Å². The number of ketones is 2. The molecule has 1 aromatic heterocycles. The first-order chi connectivity index (χ1) is 17.3. The largest absolute Gasteiger partial charge is 0.427 e. The monoisotopic (exact) mass is 490 g/mol. The van der Waals surface area contributed by atoms with Crippen molar-refractivity contribution in [3.05, 3.63) is 72.6 Å². The third-order valence-corrected chi connectivity index (χ3v) is 6.51. The van der Waals surface area contributed by atoms with Gasteiger partial charge in [-0.05, 0) is 23.6 Å². The van der Waals surface area contributed by atoms with Crippen LogP contribution in [0.25, 0.3) is 10.8 Å². The van der Waals surface area contributed by atoms with E-state index in [1.54, 1.807) is 36.5 Å². The second-order valence-corrected chi connectivity index (χ2v) is 9.15. The van der Waals surface area contributed by atoms with E-state index in [2.05, 4.69) is 10.1 Å². The van der Waals surface area contributed by atoms with Crippen molar-refractivity contribution < 1.29 is 28.3 Å². The zero-order valence-electron chi connectivity index (χ0n) is 20.1. The van der Waals surface area contributed by atoms with Crippen LogP contribution in [0.2, 0.25) is 0 Å². The van der Waals surface area contributed by atoms with Crippen molar-refractivity contribution in [1.29, 1.82) is 0 Å². The van der Waals surface area contributed by atoms with E-state index in [-0.39, 0.29) is 18.8 Å². The molecule has 2 aromatic carbocycles. The number of benzene rings is 2. The minimum absolute atomic E-state index is 0.148. The summed E-state index contributed by atoms with van der Waals surface area (Å²) in [5.74, 6) is -3.14. The minimum atomic E-state index is -1.36. The van der Waals surface area contributed by atoms with Gasteiger partial charge in [0.2, 0.25) is 5.60 Å². The Balaban J connectivity index is 1.52. The van der Waals surface area contributed by atoms with E-state index >= 15 is 0 Å². The average Bonchev–Trinajstić information content (AvgIpc) is 3.35. The number of esters is 1. The number of halogens is 1. The first-order valence-corrected chi connectivity index (χ1v) is 11.8. The summed E-state index contributed by atoms with van der Waals surface area (Å²) in [6, 6.07) is 17.9. The number of pyridine rings is 1. The van der Waals surface area contributed by atoms with Gasteiger partial charge in [0.05, 0.1) is 12.1 Å². The van der Waals surface area contributed by atoms with Crippen LogP contribution in [0.3, 0.4) is 0 Å². The Kier molecular flexibility index (Phi) is 7.52. The maximum Gasteiger partial charge on any atom is 0.311 e. The Hall–Kier alpha value is -3.94. The number of aromatic nitrogens is 1. The van der Waals surface area contributed by atoms with E-state index in [0.717, 1.165) is 10.8 Å². The third-order valence-electron chi connectivity index (χ3n) is 6.51. The topological polar surface area (TPSA) is 94.9 Å². The van der Waals surface area contributed by atoms with Gasteiger partial charge in [0.15, 0.2) is 11.6 Å². The van der Waals surface area contributed by atoms with Gasteiger partial charge in [0.1, 0.15) is 18.1 Å². The predicted octanol–water partition coefficient (Wildman–Crippen LogP) is 4.86. The van der Waals surface area contributed by atoms with Crippen LogP contribution < -0.4 is 4.74 Å². The van der Waals surface area contributed by atoms with Crippen molar-refractivity contribution in [3.8, 4) is 5.75 Å². The number of oxime groups is 1. The van der Waals surface area contributed by atoms with Crippen LogP contribution in [-0.2, 0) is 19.2 Å². The van der Waals surface area contributed by atoms with Crippen LogP contribution >= 0.6 is 0 Å². The number of para-hydroxylation sites is 1. The molecule has 2 atom stereocenters. The Morgan fingerprint density at radius 2 is 1.75 bits per heavy atom. The van der Waals surface area contributed by atoms with Crippen LogP contribution in [0.1, 0.15) is 38.8 Å². The lowest BCUT2D eigenvalue weighted by molar-refractivity contribution is -0.150. The van der Waals surface area contributed by atoms with Gasteiger partial charge < -0.3 is 9.57 Å². The van der Waals surface area contributed by atoms with E-state index < -0.39 is 42.2 Å². The molecule has 0 fully saturated rings. The van der Waals surface area contributed by atoms with Gasteiger partial charge in [-0.1, -0.05) is 61.5 Å². The van der Waals surface area contributed by atoms with Gasteiger partial charge in [0, 0.05) is 36.3 Å². The molecule has 0 amide bonds. The number of fused-ring (bicyclic) bond motifs is 1. The fourth-order valence-corrected chi connectivity index (χ4v) is 4.38. The quantitative estimate of drug-likeness (QED) is 0.297. The summed E-state index contributed by atoms with van der Waals surface area (Å²) in [5, 5.41) is 6.08. The van der Waals surface area contributed by atoms with Crippen molar-refractivity contribution in [2.24, 2.45) is 17.0 Å². The third kappa shape index (κ3) is 5.17. The van der Waals surface area contributed by atoms with Crippen molar-refractivity contribution in [1.82, 2.24) is 4.98 Å². The van der Waals surface area contributed by atoms with E-state index in [1.165, 1.54) is 0 Å². The first kappa shape index (κ1) is 25.2. The Morgan fingerprint density at radius 1 is 1.03 bits per heavy atom. The minimum Gasteiger partial charge on any atom is -0.427 e. The normalized spacial score (nSPS) is 17.9. The standard InChI is InChI=1S/C28H27FN2O5/c1-18(2)28(16-23(31-36-28)27-22-11-7-6-8-19(22)12-13-30-27)25(33)14-20(24(32)17-29)15-26(34)35-21-9-4-3-5-10-21/h3-13,18,20H,14-17H2,1-2H3/t20-,28+/m0/s1. The summed E-state index contributed by atoms with van der Waals surface area (Å²) in [7, 11) is 0. The van der Waals surface area contributed by atoms with Gasteiger partial charge in [-0.2, -0.15) is 0 Å². The second kappa shape index (κ2) is 10.8. The summed E-state index contributed by atoms with van der Waals surface area (Å²) in [6.07, 6.45) is 1.04. The predicted molar refractivity (Wildman–Crippen MR) is 132 cm³/mol. The molecule has 0 bridgehead atoms.